The van der Waals surface area contributed by atoms with Crippen LogP contribution in [0.15, 0.2) is 52.5 Å². The van der Waals surface area contributed by atoms with Crippen LogP contribution in [0.25, 0.3) is 5.69 Å². The van der Waals surface area contributed by atoms with Crippen molar-refractivity contribution in [1.82, 2.24) is 14.6 Å². The molecule has 1 heterocycles. The summed E-state index contributed by atoms with van der Waals surface area (Å²) in [6, 6.07) is 9.02. The smallest absolute Gasteiger partial charge is 0.258 e. The van der Waals surface area contributed by atoms with Gasteiger partial charge < -0.3 is 0 Å². The largest absolute Gasteiger partial charge is 0.276 e. The number of sulfonamides is 1. The number of nitrogens with zero attached hydrogens (tertiary/aromatic N) is 4. The van der Waals surface area contributed by atoms with Crippen molar-refractivity contribution in [1.29, 1.82) is 0 Å². The van der Waals surface area contributed by atoms with Gasteiger partial charge >= 0.3 is 0 Å². The van der Waals surface area contributed by atoms with Crippen molar-refractivity contribution in [3.05, 3.63) is 80.4 Å². The highest BCUT2D eigenvalue weighted by molar-refractivity contribution is 7.89. The number of nitro groups is 1. The van der Waals surface area contributed by atoms with Crippen molar-refractivity contribution in [3.63, 3.8) is 0 Å². The minimum Gasteiger partial charge on any atom is -0.258 e. The molecule has 0 bridgehead atoms. The zero-order valence-corrected chi connectivity index (χ0v) is 17.3. The molecular weight excluding hydrogens is 437 g/mol. The van der Waals surface area contributed by atoms with Crippen LogP contribution in [0.1, 0.15) is 16.8 Å². The number of hydrazone groups is 1. The number of nitro benzene ring substituents is 1. The SMILES string of the molecule is Cc1ccc(S(=O)(=O)N/N=C/c2c(C)nn(-c3ccc(F)cc3)c2Cl)cc1[N+](=O)[O-]. The van der Waals surface area contributed by atoms with Crippen molar-refractivity contribution < 1.29 is 17.7 Å². The number of hydrogen-bond donors (Lipinski definition) is 1. The van der Waals surface area contributed by atoms with Gasteiger partial charge in [-0.05, 0) is 44.2 Å². The Morgan fingerprint density at radius 1 is 1.23 bits per heavy atom. The fourth-order valence-corrected chi connectivity index (χ4v) is 3.71. The van der Waals surface area contributed by atoms with E-state index in [2.05, 4.69) is 10.2 Å². The number of rotatable bonds is 6. The molecule has 3 rings (SSSR count). The summed E-state index contributed by atoms with van der Waals surface area (Å²) in [6.07, 6.45) is 1.17. The molecule has 0 saturated carbocycles. The Balaban J connectivity index is 1.86. The van der Waals surface area contributed by atoms with Crippen molar-refractivity contribution in [2.45, 2.75) is 18.7 Å². The lowest BCUT2D eigenvalue weighted by molar-refractivity contribution is -0.385. The normalized spacial score (nSPS) is 11.7. The molecule has 2 aromatic carbocycles. The summed E-state index contributed by atoms with van der Waals surface area (Å²) in [4.78, 5) is 12.1. The Bertz CT molecular complexity index is 1260. The van der Waals surface area contributed by atoms with Crippen molar-refractivity contribution in [2.24, 2.45) is 5.10 Å². The molecule has 1 aromatic heterocycles. The number of halogens is 2. The van der Waals surface area contributed by atoms with Gasteiger partial charge in [0.05, 0.1) is 33.0 Å². The first-order valence-electron chi connectivity index (χ1n) is 8.41. The maximum atomic E-state index is 13.1. The van der Waals surface area contributed by atoms with Gasteiger partial charge in [-0.3, -0.25) is 10.1 Å². The minimum atomic E-state index is -4.14. The highest BCUT2D eigenvalue weighted by Crippen LogP contribution is 2.23. The lowest BCUT2D eigenvalue weighted by Gasteiger charge is -2.04. The second kappa shape index (κ2) is 8.20. The first-order chi connectivity index (χ1) is 14.1. The summed E-state index contributed by atoms with van der Waals surface area (Å²) in [5.74, 6) is -0.411. The zero-order valence-electron chi connectivity index (χ0n) is 15.7. The molecule has 0 aliphatic heterocycles. The Hall–Kier alpha value is -3.31. The molecule has 0 radical (unpaired) electrons. The van der Waals surface area contributed by atoms with Crippen LogP contribution in [0.3, 0.4) is 0 Å². The Morgan fingerprint density at radius 2 is 1.90 bits per heavy atom. The predicted molar refractivity (Wildman–Crippen MR) is 109 cm³/mol. The van der Waals surface area contributed by atoms with E-state index in [0.29, 0.717) is 22.5 Å². The molecule has 156 valence electrons. The molecule has 0 saturated heterocycles. The number of aromatic nitrogens is 2. The molecule has 12 heteroatoms. The van der Waals surface area contributed by atoms with Crippen LogP contribution in [-0.2, 0) is 10.0 Å². The third kappa shape index (κ3) is 4.31. The van der Waals surface area contributed by atoms with Crippen LogP contribution in [-0.4, -0.2) is 29.3 Å². The van der Waals surface area contributed by atoms with Gasteiger partial charge in [-0.1, -0.05) is 17.7 Å². The second-order valence-electron chi connectivity index (χ2n) is 6.24. The monoisotopic (exact) mass is 451 g/mol. The minimum absolute atomic E-state index is 0.146. The Morgan fingerprint density at radius 3 is 2.53 bits per heavy atom. The van der Waals surface area contributed by atoms with Crippen LogP contribution in [0, 0.1) is 29.8 Å². The molecule has 9 nitrogen and oxygen atoms in total. The van der Waals surface area contributed by atoms with Crippen molar-refractivity contribution >= 4 is 33.5 Å². The van der Waals surface area contributed by atoms with Gasteiger partial charge in [-0.2, -0.15) is 18.6 Å². The highest BCUT2D eigenvalue weighted by atomic mass is 35.5. The second-order valence-corrected chi connectivity index (χ2v) is 8.26. The molecule has 0 unspecified atom stereocenters. The average molecular weight is 452 g/mol. The lowest BCUT2D eigenvalue weighted by atomic mass is 10.2. The third-order valence-corrected chi connectivity index (χ3v) is 5.76. The summed E-state index contributed by atoms with van der Waals surface area (Å²) in [7, 11) is -4.14. The molecule has 30 heavy (non-hydrogen) atoms. The van der Waals surface area contributed by atoms with Crippen molar-refractivity contribution in [2.75, 3.05) is 0 Å². The first kappa shape index (κ1) is 21.4. The van der Waals surface area contributed by atoms with Gasteiger partial charge in [0.25, 0.3) is 15.7 Å². The van der Waals surface area contributed by atoms with Gasteiger partial charge in [0.1, 0.15) is 11.0 Å². The summed E-state index contributed by atoms with van der Waals surface area (Å²) in [6.45, 7) is 3.15. The average Bonchev–Trinajstić information content (AvgIpc) is 2.96. The topological polar surface area (TPSA) is 119 Å². The molecule has 0 aliphatic rings. The molecule has 0 atom stereocenters. The number of benzene rings is 2. The molecule has 0 spiro atoms. The van der Waals surface area contributed by atoms with Crippen LogP contribution in [0.4, 0.5) is 10.1 Å². The molecule has 0 fully saturated rings. The third-order valence-electron chi connectivity index (χ3n) is 4.17. The first-order valence-corrected chi connectivity index (χ1v) is 10.3. The molecule has 1 N–H and O–H groups in total. The fourth-order valence-electron chi connectivity index (χ4n) is 2.58. The van der Waals surface area contributed by atoms with Crippen LogP contribution < -0.4 is 4.83 Å². The van der Waals surface area contributed by atoms with E-state index in [1.807, 2.05) is 4.83 Å². The summed E-state index contributed by atoms with van der Waals surface area (Å²) >= 11 is 6.31. The van der Waals surface area contributed by atoms with Gasteiger partial charge in [-0.15, -0.1) is 0 Å². The van der Waals surface area contributed by atoms with Crippen LogP contribution >= 0.6 is 11.6 Å². The standard InChI is InChI=1S/C18H15ClFN5O4S/c1-11-3-8-15(9-17(11)25(26)27)30(28,29)23-21-10-16-12(2)22-24(18(16)19)14-6-4-13(20)5-7-14/h3-10,23H,1-2H3/b21-10+. The summed E-state index contributed by atoms with van der Waals surface area (Å²) in [5, 5.41) is 19.1. The van der Waals surface area contributed by atoms with E-state index in [4.69, 9.17) is 11.6 Å². The van der Waals surface area contributed by atoms with E-state index in [1.165, 1.54) is 54.2 Å². The lowest BCUT2D eigenvalue weighted by Crippen LogP contribution is -2.18. The quantitative estimate of drug-likeness (QED) is 0.349. The van der Waals surface area contributed by atoms with Gasteiger partial charge in [0.2, 0.25) is 0 Å². The maximum absolute atomic E-state index is 13.1. The summed E-state index contributed by atoms with van der Waals surface area (Å²) in [5.41, 5.74) is 1.33. The van der Waals surface area contributed by atoms with Crippen LogP contribution in [0.2, 0.25) is 5.15 Å². The van der Waals surface area contributed by atoms with E-state index in [-0.39, 0.29) is 15.7 Å². The summed E-state index contributed by atoms with van der Waals surface area (Å²) < 4.78 is 39.3. The van der Waals surface area contributed by atoms with E-state index in [9.17, 15) is 22.9 Å². The van der Waals surface area contributed by atoms with Gasteiger partial charge in [0.15, 0.2) is 0 Å². The zero-order chi connectivity index (χ0) is 22.1. The maximum Gasteiger partial charge on any atom is 0.276 e. The number of nitrogens with one attached hydrogen (secondary N) is 1. The molecule has 0 aliphatic carbocycles. The van der Waals surface area contributed by atoms with E-state index < -0.39 is 20.8 Å². The van der Waals surface area contributed by atoms with E-state index in [0.717, 1.165) is 6.07 Å². The number of aryl methyl sites for hydroxylation is 2. The highest BCUT2D eigenvalue weighted by Gasteiger charge is 2.19. The Labute approximate surface area is 176 Å². The molecular formula is C18H15ClFN5O4S. The Kier molecular flexibility index (Phi) is 5.85. The molecule has 3 aromatic rings. The van der Waals surface area contributed by atoms with E-state index >= 15 is 0 Å². The van der Waals surface area contributed by atoms with Crippen molar-refractivity contribution in [3.8, 4) is 5.69 Å². The van der Waals surface area contributed by atoms with Gasteiger partial charge in [0, 0.05) is 11.6 Å². The molecule has 0 amide bonds. The number of hydrogen-bond acceptors (Lipinski definition) is 6. The van der Waals surface area contributed by atoms with Crippen LogP contribution in [0.5, 0.6) is 0 Å². The van der Waals surface area contributed by atoms with Gasteiger partial charge in [-0.25, -0.2) is 13.9 Å². The predicted octanol–water partition coefficient (Wildman–Crippen LogP) is 3.50. The van der Waals surface area contributed by atoms with E-state index in [1.54, 1.807) is 6.92 Å². The fraction of sp³-hybridized carbons (Fsp3) is 0.111.